The third kappa shape index (κ3) is 1.56. The van der Waals surface area contributed by atoms with E-state index in [0.717, 1.165) is 5.69 Å². The average molecular weight is 191 g/mol. The van der Waals surface area contributed by atoms with Crippen LogP contribution in [0, 0.1) is 6.92 Å². The summed E-state index contributed by atoms with van der Waals surface area (Å²) in [6.45, 7) is 1.84. The fourth-order valence-corrected chi connectivity index (χ4v) is 1.04. The van der Waals surface area contributed by atoms with Crippen LogP contribution >= 0.6 is 0 Å². The second-order valence-electron chi connectivity index (χ2n) is 2.76. The van der Waals surface area contributed by atoms with Crippen molar-refractivity contribution in [2.24, 2.45) is 0 Å². The van der Waals surface area contributed by atoms with Gasteiger partial charge in [-0.05, 0) is 6.92 Å². The molecule has 0 aliphatic carbocycles. The lowest BCUT2D eigenvalue weighted by atomic mass is 10.3. The maximum absolute atomic E-state index is 5.02. The van der Waals surface area contributed by atoms with Crippen molar-refractivity contribution >= 4 is 0 Å². The number of methoxy groups -OCH3 is 1. The highest BCUT2D eigenvalue weighted by Crippen LogP contribution is 2.17. The Kier molecular flexibility index (Phi) is 2.14. The number of nitrogens with zero attached hydrogens (tertiary/aromatic N) is 3. The standard InChI is InChI=1S/C9H9N3O2/c1-6-5-7(14-12-6)9-10-4-3-8(11-9)13-2/h3-5H,1-2H3. The Hall–Kier alpha value is -1.91. The van der Waals surface area contributed by atoms with Gasteiger partial charge < -0.3 is 9.26 Å². The molecule has 0 aliphatic heterocycles. The van der Waals surface area contributed by atoms with Crippen molar-refractivity contribution in [1.82, 2.24) is 15.1 Å². The first-order valence-corrected chi connectivity index (χ1v) is 4.10. The zero-order chi connectivity index (χ0) is 9.97. The second-order valence-corrected chi connectivity index (χ2v) is 2.76. The summed E-state index contributed by atoms with van der Waals surface area (Å²) < 4.78 is 9.99. The van der Waals surface area contributed by atoms with E-state index in [0.29, 0.717) is 17.5 Å². The van der Waals surface area contributed by atoms with Gasteiger partial charge in [0.1, 0.15) is 0 Å². The summed E-state index contributed by atoms with van der Waals surface area (Å²) in [5, 5.41) is 3.75. The molecule has 0 bridgehead atoms. The molecule has 0 saturated heterocycles. The molecular weight excluding hydrogens is 182 g/mol. The van der Waals surface area contributed by atoms with Crippen molar-refractivity contribution in [3.8, 4) is 17.5 Å². The molecule has 0 fully saturated rings. The second kappa shape index (κ2) is 3.45. The lowest BCUT2D eigenvalue weighted by molar-refractivity contribution is 0.394. The topological polar surface area (TPSA) is 61.0 Å². The Labute approximate surface area is 80.7 Å². The lowest BCUT2D eigenvalue weighted by Crippen LogP contribution is -1.91. The van der Waals surface area contributed by atoms with Gasteiger partial charge in [0.25, 0.3) is 0 Å². The number of aryl methyl sites for hydroxylation is 1. The number of hydrogen-bond acceptors (Lipinski definition) is 5. The summed E-state index contributed by atoms with van der Waals surface area (Å²) in [4.78, 5) is 8.15. The van der Waals surface area contributed by atoms with Crippen LogP contribution < -0.4 is 4.74 Å². The maximum Gasteiger partial charge on any atom is 0.216 e. The molecule has 5 heteroatoms. The molecule has 0 atom stereocenters. The van der Waals surface area contributed by atoms with Gasteiger partial charge in [-0.15, -0.1) is 0 Å². The number of hydrogen-bond donors (Lipinski definition) is 0. The smallest absolute Gasteiger partial charge is 0.216 e. The Morgan fingerprint density at radius 2 is 2.29 bits per heavy atom. The summed E-state index contributed by atoms with van der Waals surface area (Å²) in [7, 11) is 1.55. The van der Waals surface area contributed by atoms with Crippen LogP contribution in [0.25, 0.3) is 11.6 Å². The minimum absolute atomic E-state index is 0.477. The van der Waals surface area contributed by atoms with Crippen LogP contribution in [-0.2, 0) is 0 Å². The average Bonchev–Trinajstić information content (AvgIpc) is 2.65. The molecule has 0 aliphatic rings. The summed E-state index contributed by atoms with van der Waals surface area (Å²) in [5.74, 6) is 1.52. The Balaban J connectivity index is 2.41. The van der Waals surface area contributed by atoms with Crippen LogP contribution in [0.15, 0.2) is 22.9 Å². The molecule has 0 aromatic carbocycles. The number of ether oxygens (including phenoxy) is 1. The van der Waals surface area contributed by atoms with Crippen molar-refractivity contribution in [3.05, 3.63) is 24.0 Å². The number of aromatic nitrogens is 3. The van der Waals surface area contributed by atoms with E-state index >= 15 is 0 Å². The SMILES string of the molecule is COc1ccnc(-c2cc(C)no2)n1. The van der Waals surface area contributed by atoms with Crippen molar-refractivity contribution in [3.63, 3.8) is 0 Å². The lowest BCUT2D eigenvalue weighted by Gasteiger charge is -1.98. The van der Waals surface area contributed by atoms with Crippen LogP contribution in [0.3, 0.4) is 0 Å². The van der Waals surface area contributed by atoms with Gasteiger partial charge in [-0.2, -0.15) is 4.98 Å². The third-order valence-electron chi connectivity index (χ3n) is 1.69. The highest BCUT2D eigenvalue weighted by molar-refractivity contribution is 5.46. The number of rotatable bonds is 2. The van der Waals surface area contributed by atoms with Gasteiger partial charge in [-0.25, -0.2) is 4.98 Å². The van der Waals surface area contributed by atoms with Crippen LogP contribution in [0.2, 0.25) is 0 Å². The predicted octanol–water partition coefficient (Wildman–Crippen LogP) is 1.45. The van der Waals surface area contributed by atoms with E-state index in [-0.39, 0.29) is 0 Å². The van der Waals surface area contributed by atoms with Gasteiger partial charge in [-0.3, -0.25) is 0 Å². The van der Waals surface area contributed by atoms with Gasteiger partial charge in [-0.1, -0.05) is 5.16 Å². The Morgan fingerprint density at radius 3 is 2.93 bits per heavy atom. The minimum Gasteiger partial charge on any atom is -0.481 e. The molecule has 0 saturated carbocycles. The van der Waals surface area contributed by atoms with Crippen molar-refractivity contribution in [1.29, 1.82) is 0 Å². The van der Waals surface area contributed by atoms with E-state index in [2.05, 4.69) is 15.1 Å². The van der Waals surface area contributed by atoms with Gasteiger partial charge in [0.2, 0.25) is 17.5 Å². The molecule has 0 unspecified atom stereocenters. The highest BCUT2D eigenvalue weighted by atomic mass is 16.5. The van der Waals surface area contributed by atoms with Crippen molar-refractivity contribution < 1.29 is 9.26 Å². The van der Waals surface area contributed by atoms with E-state index in [1.807, 2.05) is 6.92 Å². The zero-order valence-corrected chi connectivity index (χ0v) is 7.89. The first kappa shape index (κ1) is 8.68. The minimum atomic E-state index is 0.477. The van der Waals surface area contributed by atoms with Crippen LogP contribution in [0.4, 0.5) is 0 Å². The van der Waals surface area contributed by atoms with Crippen molar-refractivity contribution in [2.45, 2.75) is 6.92 Å². The molecule has 0 amide bonds. The summed E-state index contributed by atoms with van der Waals surface area (Å²) in [6, 6.07) is 3.45. The molecule has 0 N–H and O–H groups in total. The summed E-state index contributed by atoms with van der Waals surface area (Å²) in [5.41, 5.74) is 0.798. The molecule has 2 aromatic heterocycles. The van der Waals surface area contributed by atoms with E-state index in [9.17, 15) is 0 Å². The molecule has 5 nitrogen and oxygen atoms in total. The van der Waals surface area contributed by atoms with Crippen molar-refractivity contribution in [2.75, 3.05) is 7.11 Å². The third-order valence-corrected chi connectivity index (χ3v) is 1.69. The molecule has 14 heavy (non-hydrogen) atoms. The van der Waals surface area contributed by atoms with Crippen LogP contribution in [0.1, 0.15) is 5.69 Å². The van der Waals surface area contributed by atoms with E-state index in [1.165, 1.54) is 0 Å². The van der Waals surface area contributed by atoms with Crippen LogP contribution in [0.5, 0.6) is 5.88 Å². The van der Waals surface area contributed by atoms with E-state index in [4.69, 9.17) is 9.26 Å². The monoisotopic (exact) mass is 191 g/mol. The largest absolute Gasteiger partial charge is 0.481 e. The fraction of sp³-hybridized carbons (Fsp3) is 0.222. The molecular formula is C9H9N3O2. The molecule has 0 spiro atoms. The maximum atomic E-state index is 5.02. The molecule has 2 rings (SSSR count). The first-order valence-electron chi connectivity index (χ1n) is 4.10. The van der Waals surface area contributed by atoms with E-state index in [1.54, 1.807) is 25.4 Å². The first-order chi connectivity index (χ1) is 6.79. The summed E-state index contributed by atoms with van der Waals surface area (Å²) >= 11 is 0. The predicted molar refractivity (Wildman–Crippen MR) is 48.8 cm³/mol. The van der Waals surface area contributed by atoms with E-state index < -0.39 is 0 Å². The van der Waals surface area contributed by atoms with Gasteiger partial charge >= 0.3 is 0 Å². The van der Waals surface area contributed by atoms with Gasteiger partial charge in [0.05, 0.1) is 12.8 Å². The molecule has 2 heterocycles. The summed E-state index contributed by atoms with van der Waals surface area (Å²) in [6.07, 6.45) is 1.61. The van der Waals surface area contributed by atoms with Gasteiger partial charge in [0, 0.05) is 18.3 Å². The Bertz CT molecular complexity index is 439. The Morgan fingerprint density at radius 1 is 1.43 bits per heavy atom. The fourth-order valence-electron chi connectivity index (χ4n) is 1.04. The normalized spacial score (nSPS) is 10.1. The molecule has 72 valence electrons. The quantitative estimate of drug-likeness (QED) is 0.718. The molecule has 2 aromatic rings. The van der Waals surface area contributed by atoms with Crippen LogP contribution in [-0.4, -0.2) is 22.2 Å². The zero-order valence-electron chi connectivity index (χ0n) is 7.89. The molecule has 0 radical (unpaired) electrons. The van der Waals surface area contributed by atoms with Gasteiger partial charge in [0.15, 0.2) is 0 Å². The highest BCUT2D eigenvalue weighted by Gasteiger charge is 2.07.